The minimum atomic E-state index is -4.93. The summed E-state index contributed by atoms with van der Waals surface area (Å²) < 4.78 is 45.0. The van der Waals surface area contributed by atoms with Gasteiger partial charge in [0.1, 0.15) is 5.75 Å². The van der Waals surface area contributed by atoms with Crippen LogP contribution in [0.15, 0.2) is 47.4 Å². The summed E-state index contributed by atoms with van der Waals surface area (Å²) >= 11 is 1.61. The van der Waals surface area contributed by atoms with E-state index >= 15 is 0 Å². The van der Waals surface area contributed by atoms with Gasteiger partial charge in [0.05, 0.1) is 13.2 Å². The number of rotatable bonds is 3. The molecule has 1 aromatic heterocycles. The molecule has 0 saturated carbocycles. The van der Waals surface area contributed by atoms with E-state index in [4.69, 9.17) is 4.74 Å². The summed E-state index contributed by atoms with van der Waals surface area (Å²) in [5.41, 5.74) is 3.05. The standard InChI is InChI=1S/C21H19F3N2O2S/c1-28-13-5-3-12(4-6-13)19-18-15(9-10-26(19)20(27)21(22,23)24)16-11-14(29-2)7-8-17(16)25-18/h3-8,11,19,25H,9-10H2,1-2H3. The third kappa shape index (κ3) is 3.46. The Morgan fingerprint density at radius 3 is 2.55 bits per heavy atom. The lowest BCUT2D eigenvalue weighted by Gasteiger charge is -2.36. The molecule has 1 aliphatic rings. The van der Waals surface area contributed by atoms with Gasteiger partial charge in [-0.3, -0.25) is 4.79 Å². The highest BCUT2D eigenvalue weighted by atomic mass is 32.2. The predicted molar refractivity (Wildman–Crippen MR) is 106 cm³/mol. The minimum Gasteiger partial charge on any atom is -0.497 e. The van der Waals surface area contributed by atoms with Crippen LogP contribution in [0.3, 0.4) is 0 Å². The van der Waals surface area contributed by atoms with Gasteiger partial charge in [0.15, 0.2) is 0 Å². The predicted octanol–water partition coefficient (Wildman–Crippen LogP) is 4.93. The molecule has 29 heavy (non-hydrogen) atoms. The molecule has 2 aromatic carbocycles. The minimum absolute atomic E-state index is 0.00150. The molecule has 1 amide bonds. The molecule has 0 spiro atoms. The zero-order valence-corrected chi connectivity index (χ0v) is 16.7. The van der Waals surface area contributed by atoms with Gasteiger partial charge in [-0.25, -0.2) is 0 Å². The molecule has 0 aliphatic carbocycles. The number of benzene rings is 2. The van der Waals surface area contributed by atoms with Gasteiger partial charge in [-0.2, -0.15) is 13.2 Å². The summed E-state index contributed by atoms with van der Waals surface area (Å²) in [5, 5.41) is 0.990. The van der Waals surface area contributed by atoms with Crippen LogP contribution in [0.1, 0.15) is 22.9 Å². The maximum Gasteiger partial charge on any atom is 0.471 e. The number of ether oxygens (including phenoxy) is 1. The Morgan fingerprint density at radius 1 is 1.21 bits per heavy atom. The summed E-state index contributed by atoms with van der Waals surface area (Å²) in [7, 11) is 1.52. The number of carbonyl (C=O) groups excluding carboxylic acids is 1. The molecular weight excluding hydrogens is 401 g/mol. The van der Waals surface area contributed by atoms with Gasteiger partial charge in [-0.05, 0) is 54.1 Å². The first kappa shape index (κ1) is 19.7. The number of alkyl halides is 3. The number of fused-ring (bicyclic) bond motifs is 3. The molecule has 2 heterocycles. The van der Waals surface area contributed by atoms with Crippen molar-refractivity contribution >= 4 is 28.6 Å². The van der Waals surface area contributed by atoms with Gasteiger partial charge in [0, 0.05) is 28.0 Å². The Morgan fingerprint density at radius 2 is 1.93 bits per heavy atom. The molecule has 1 N–H and O–H groups in total. The molecule has 1 aliphatic heterocycles. The molecule has 0 fully saturated rings. The number of thioether (sulfide) groups is 1. The average molecular weight is 420 g/mol. The van der Waals surface area contributed by atoms with Gasteiger partial charge in [0.25, 0.3) is 0 Å². The van der Waals surface area contributed by atoms with Crippen LogP contribution in [0.25, 0.3) is 10.9 Å². The molecule has 1 atom stereocenters. The van der Waals surface area contributed by atoms with Gasteiger partial charge in [0.2, 0.25) is 0 Å². The van der Waals surface area contributed by atoms with Crippen LogP contribution in [-0.2, 0) is 11.2 Å². The Bertz CT molecular complexity index is 1060. The van der Waals surface area contributed by atoms with Crippen LogP contribution in [0.2, 0.25) is 0 Å². The van der Waals surface area contributed by atoms with E-state index in [0.717, 1.165) is 26.3 Å². The maximum atomic E-state index is 13.3. The number of nitrogens with zero attached hydrogens (tertiary/aromatic N) is 1. The number of hydrogen-bond acceptors (Lipinski definition) is 3. The van der Waals surface area contributed by atoms with Crippen molar-refractivity contribution in [2.75, 3.05) is 19.9 Å². The fraction of sp³-hybridized carbons (Fsp3) is 0.286. The number of hydrogen-bond donors (Lipinski definition) is 1. The monoisotopic (exact) mass is 420 g/mol. The van der Waals surface area contributed by atoms with E-state index in [-0.39, 0.29) is 6.54 Å². The third-order valence-corrected chi connectivity index (χ3v) is 5.99. The highest BCUT2D eigenvalue weighted by Gasteiger charge is 2.47. The second-order valence-corrected chi connectivity index (χ2v) is 7.73. The smallest absolute Gasteiger partial charge is 0.471 e. The Kier molecular flexibility index (Phi) is 4.98. The highest BCUT2D eigenvalue weighted by molar-refractivity contribution is 7.98. The number of amides is 1. The summed E-state index contributed by atoms with van der Waals surface area (Å²) in [6.07, 6.45) is -2.59. The second kappa shape index (κ2) is 7.33. The number of aromatic nitrogens is 1. The lowest BCUT2D eigenvalue weighted by atomic mass is 9.92. The molecule has 8 heteroatoms. The van der Waals surface area contributed by atoms with Crippen molar-refractivity contribution in [1.82, 2.24) is 9.88 Å². The molecule has 1 unspecified atom stereocenters. The van der Waals surface area contributed by atoms with E-state index < -0.39 is 18.1 Å². The first-order valence-electron chi connectivity index (χ1n) is 9.03. The van der Waals surface area contributed by atoms with Crippen LogP contribution in [0.5, 0.6) is 5.75 Å². The normalized spacial score (nSPS) is 16.7. The van der Waals surface area contributed by atoms with Crippen LogP contribution < -0.4 is 4.74 Å². The first-order valence-corrected chi connectivity index (χ1v) is 10.3. The second-order valence-electron chi connectivity index (χ2n) is 6.85. The fourth-order valence-corrected chi connectivity index (χ4v) is 4.35. The first-order chi connectivity index (χ1) is 13.8. The third-order valence-electron chi connectivity index (χ3n) is 5.27. The molecule has 3 aromatic rings. The van der Waals surface area contributed by atoms with Crippen molar-refractivity contribution in [1.29, 1.82) is 0 Å². The molecule has 4 nitrogen and oxygen atoms in total. The quantitative estimate of drug-likeness (QED) is 0.611. The molecule has 0 saturated heterocycles. The lowest BCUT2D eigenvalue weighted by Crippen LogP contribution is -2.46. The van der Waals surface area contributed by atoms with E-state index in [0.29, 0.717) is 23.4 Å². The van der Waals surface area contributed by atoms with Crippen molar-refractivity contribution < 1.29 is 22.7 Å². The van der Waals surface area contributed by atoms with E-state index in [9.17, 15) is 18.0 Å². The van der Waals surface area contributed by atoms with Crippen molar-refractivity contribution in [2.45, 2.75) is 23.5 Å². The van der Waals surface area contributed by atoms with Gasteiger partial charge < -0.3 is 14.6 Å². The summed E-state index contributed by atoms with van der Waals surface area (Å²) in [4.78, 5) is 17.5. The zero-order chi connectivity index (χ0) is 20.8. The van der Waals surface area contributed by atoms with E-state index in [2.05, 4.69) is 4.98 Å². The number of nitrogens with one attached hydrogen (secondary N) is 1. The van der Waals surface area contributed by atoms with Crippen molar-refractivity contribution in [3.05, 3.63) is 59.3 Å². The molecule has 152 valence electrons. The Balaban J connectivity index is 1.88. The molecular formula is C21H19F3N2O2S. The number of carbonyl (C=O) groups is 1. The molecule has 4 rings (SSSR count). The Labute approximate surface area is 170 Å². The van der Waals surface area contributed by atoms with Crippen LogP contribution in [0, 0.1) is 0 Å². The van der Waals surface area contributed by atoms with Crippen LogP contribution in [-0.4, -0.2) is 41.9 Å². The topological polar surface area (TPSA) is 45.3 Å². The largest absolute Gasteiger partial charge is 0.497 e. The van der Waals surface area contributed by atoms with E-state index in [1.807, 2.05) is 24.5 Å². The number of aromatic amines is 1. The highest BCUT2D eigenvalue weighted by Crippen LogP contribution is 2.41. The zero-order valence-electron chi connectivity index (χ0n) is 15.8. The SMILES string of the molecule is COc1ccc(C2c3[nH]c4ccc(SC)cc4c3CCN2C(=O)C(F)(F)F)cc1. The fourth-order valence-electron chi connectivity index (χ4n) is 3.91. The lowest BCUT2D eigenvalue weighted by molar-refractivity contribution is -0.187. The van der Waals surface area contributed by atoms with Gasteiger partial charge in [-0.15, -0.1) is 11.8 Å². The van der Waals surface area contributed by atoms with Crippen molar-refractivity contribution in [3.63, 3.8) is 0 Å². The van der Waals surface area contributed by atoms with E-state index in [1.54, 1.807) is 36.0 Å². The number of halogens is 3. The number of H-pyrrole nitrogens is 1. The van der Waals surface area contributed by atoms with Gasteiger partial charge in [-0.1, -0.05) is 12.1 Å². The summed E-state index contributed by atoms with van der Waals surface area (Å²) in [5.74, 6) is -1.23. The van der Waals surface area contributed by atoms with Crippen molar-refractivity contribution in [3.8, 4) is 5.75 Å². The van der Waals surface area contributed by atoms with Gasteiger partial charge >= 0.3 is 12.1 Å². The van der Waals surface area contributed by atoms with E-state index in [1.165, 1.54) is 7.11 Å². The summed E-state index contributed by atoms with van der Waals surface area (Å²) in [6.45, 7) is -0.00150. The van der Waals surface area contributed by atoms with Crippen LogP contribution >= 0.6 is 11.8 Å². The Hall–Kier alpha value is -2.61. The maximum absolute atomic E-state index is 13.3. The number of methoxy groups -OCH3 is 1. The average Bonchev–Trinajstić information content (AvgIpc) is 3.09. The van der Waals surface area contributed by atoms with Crippen LogP contribution in [0.4, 0.5) is 13.2 Å². The summed E-state index contributed by atoms with van der Waals surface area (Å²) in [6, 6.07) is 11.9. The van der Waals surface area contributed by atoms with Crippen molar-refractivity contribution in [2.24, 2.45) is 0 Å². The molecule has 0 bridgehead atoms. The molecule has 0 radical (unpaired) electrons.